The first-order valence-electron chi connectivity index (χ1n) is 7.24. The fraction of sp³-hybridized carbons (Fsp3) is 0.643. The van der Waals surface area contributed by atoms with Gasteiger partial charge >= 0.3 is 0 Å². The van der Waals surface area contributed by atoms with E-state index in [1.807, 2.05) is 6.92 Å². The summed E-state index contributed by atoms with van der Waals surface area (Å²) in [6.07, 6.45) is 4.26. The first-order chi connectivity index (χ1) is 9.68. The van der Waals surface area contributed by atoms with Crippen molar-refractivity contribution in [2.45, 2.75) is 57.0 Å². The Morgan fingerprint density at radius 1 is 1.43 bits per heavy atom. The van der Waals surface area contributed by atoms with Gasteiger partial charge in [0.05, 0.1) is 0 Å². The average molecular weight is 313 g/mol. The van der Waals surface area contributed by atoms with Gasteiger partial charge in [0.15, 0.2) is 0 Å². The molecule has 0 aliphatic heterocycles. The summed E-state index contributed by atoms with van der Waals surface area (Å²) in [5, 5.41) is 8.07. The van der Waals surface area contributed by atoms with Crippen LogP contribution in [-0.4, -0.2) is 24.9 Å². The first kappa shape index (κ1) is 16.0. The molecular formula is C14H23N3O3S. The minimum Gasteiger partial charge on any atom is -0.348 e. The highest BCUT2D eigenvalue weighted by atomic mass is 32.2. The smallest absolute Gasteiger partial charge is 0.268 e. The summed E-state index contributed by atoms with van der Waals surface area (Å²) in [4.78, 5) is 12.4. The number of sulfonamides is 1. The molecule has 0 radical (unpaired) electrons. The van der Waals surface area contributed by atoms with Crippen LogP contribution in [-0.2, 0) is 10.0 Å². The Labute approximate surface area is 125 Å². The molecule has 3 N–H and O–H groups in total. The minimum atomic E-state index is -3.79. The number of nitrogens with two attached hydrogens (primary N) is 1. The highest BCUT2D eigenvalue weighted by molar-refractivity contribution is 7.89. The third kappa shape index (κ3) is 4.07. The van der Waals surface area contributed by atoms with Crippen molar-refractivity contribution in [3.05, 3.63) is 18.0 Å². The predicted molar refractivity (Wildman–Crippen MR) is 80.5 cm³/mol. The molecule has 1 aliphatic rings. The molecule has 0 bridgehead atoms. The SMILES string of the molecule is CC(C)CC(C)NC(=O)c1cc(S(N)(=O)=O)cn1C1CC1. The third-order valence-electron chi connectivity index (χ3n) is 3.53. The van der Waals surface area contributed by atoms with Gasteiger partial charge in [-0.15, -0.1) is 0 Å². The first-order valence-corrected chi connectivity index (χ1v) is 8.78. The van der Waals surface area contributed by atoms with Gasteiger partial charge in [0, 0.05) is 18.3 Å². The van der Waals surface area contributed by atoms with Gasteiger partial charge in [-0.2, -0.15) is 0 Å². The van der Waals surface area contributed by atoms with E-state index < -0.39 is 10.0 Å². The maximum atomic E-state index is 12.4. The van der Waals surface area contributed by atoms with E-state index in [1.54, 1.807) is 4.57 Å². The topological polar surface area (TPSA) is 94.2 Å². The molecule has 1 amide bonds. The van der Waals surface area contributed by atoms with Gasteiger partial charge in [-0.05, 0) is 38.2 Å². The van der Waals surface area contributed by atoms with Crippen LogP contribution in [0.4, 0.5) is 0 Å². The molecular weight excluding hydrogens is 290 g/mol. The summed E-state index contributed by atoms with van der Waals surface area (Å²) in [7, 11) is -3.79. The van der Waals surface area contributed by atoms with Gasteiger partial charge in [-0.1, -0.05) is 13.8 Å². The highest BCUT2D eigenvalue weighted by Gasteiger charge is 2.30. The molecule has 1 heterocycles. The Kier molecular flexibility index (Phi) is 4.43. The molecule has 2 rings (SSSR count). The molecule has 21 heavy (non-hydrogen) atoms. The van der Waals surface area contributed by atoms with Crippen molar-refractivity contribution in [3.8, 4) is 0 Å². The molecule has 1 aromatic heterocycles. The fourth-order valence-electron chi connectivity index (χ4n) is 2.51. The van der Waals surface area contributed by atoms with Crippen molar-refractivity contribution < 1.29 is 13.2 Å². The van der Waals surface area contributed by atoms with Gasteiger partial charge in [-0.3, -0.25) is 4.79 Å². The van der Waals surface area contributed by atoms with E-state index >= 15 is 0 Å². The summed E-state index contributed by atoms with van der Waals surface area (Å²) < 4.78 is 24.7. The van der Waals surface area contributed by atoms with Crippen LogP contribution in [0, 0.1) is 5.92 Å². The van der Waals surface area contributed by atoms with Crippen LogP contribution < -0.4 is 10.5 Å². The van der Waals surface area contributed by atoms with Crippen LogP contribution in [0.2, 0.25) is 0 Å². The molecule has 1 saturated carbocycles. The van der Waals surface area contributed by atoms with E-state index in [-0.39, 0.29) is 22.9 Å². The summed E-state index contributed by atoms with van der Waals surface area (Å²) in [6, 6.07) is 1.62. The number of carbonyl (C=O) groups is 1. The van der Waals surface area contributed by atoms with Crippen LogP contribution in [0.25, 0.3) is 0 Å². The van der Waals surface area contributed by atoms with Crippen molar-refractivity contribution in [2.24, 2.45) is 11.1 Å². The Morgan fingerprint density at radius 3 is 2.52 bits per heavy atom. The average Bonchev–Trinajstić information content (AvgIpc) is 3.04. The van der Waals surface area contributed by atoms with Crippen LogP contribution in [0.5, 0.6) is 0 Å². The summed E-state index contributed by atoms with van der Waals surface area (Å²) in [5.74, 6) is 0.237. The van der Waals surface area contributed by atoms with E-state index in [2.05, 4.69) is 19.2 Å². The zero-order chi connectivity index (χ0) is 15.8. The molecule has 1 aromatic rings. The highest BCUT2D eigenvalue weighted by Crippen LogP contribution is 2.37. The number of hydrogen-bond donors (Lipinski definition) is 2. The summed E-state index contributed by atoms with van der Waals surface area (Å²) >= 11 is 0. The Bertz CT molecular complexity index is 630. The molecule has 1 fully saturated rings. The third-order valence-corrected chi connectivity index (χ3v) is 4.41. The predicted octanol–water partition coefficient (Wildman–Crippen LogP) is 1.63. The van der Waals surface area contributed by atoms with E-state index in [0.29, 0.717) is 11.6 Å². The number of nitrogens with one attached hydrogen (secondary N) is 1. The number of rotatable bonds is 6. The van der Waals surface area contributed by atoms with E-state index in [4.69, 9.17) is 5.14 Å². The van der Waals surface area contributed by atoms with Crippen molar-refractivity contribution in [2.75, 3.05) is 0 Å². The van der Waals surface area contributed by atoms with Gasteiger partial charge < -0.3 is 9.88 Å². The second-order valence-electron chi connectivity index (χ2n) is 6.25. The monoisotopic (exact) mass is 313 g/mol. The summed E-state index contributed by atoms with van der Waals surface area (Å²) in [5.41, 5.74) is 0.372. The standard InChI is InChI=1S/C14H23N3O3S/c1-9(2)6-10(3)16-14(18)13-7-12(21(15,19)20)8-17(13)11-4-5-11/h7-11H,4-6H2,1-3H3,(H,16,18)(H2,15,19,20). The Morgan fingerprint density at radius 2 is 2.05 bits per heavy atom. The van der Waals surface area contributed by atoms with Crippen LogP contribution in [0.3, 0.4) is 0 Å². The molecule has 1 unspecified atom stereocenters. The number of aromatic nitrogens is 1. The largest absolute Gasteiger partial charge is 0.348 e. The van der Waals surface area contributed by atoms with Gasteiger partial charge in [0.2, 0.25) is 10.0 Å². The molecule has 6 nitrogen and oxygen atoms in total. The van der Waals surface area contributed by atoms with Crippen LogP contribution in [0.15, 0.2) is 17.2 Å². The molecule has 0 spiro atoms. The Hall–Kier alpha value is -1.34. The lowest BCUT2D eigenvalue weighted by Crippen LogP contribution is -2.34. The molecule has 118 valence electrons. The van der Waals surface area contributed by atoms with Crippen LogP contribution in [0.1, 0.15) is 56.6 Å². The molecule has 7 heteroatoms. The van der Waals surface area contributed by atoms with Crippen molar-refractivity contribution in [1.82, 2.24) is 9.88 Å². The number of nitrogens with zero attached hydrogens (tertiary/aromatic N) is 1. The van der Waals surface area contributed by atoms with E-state index in [1.165, 1.54) is 12.3 Å². The van der Waals surface area contributed by atoms with Gasteiger partial charge in [0.1, 0.15) is 10.6 Å². The maximum Gasteiger partial charge on any atom is 0.268 e. The minimum absolute atomic E-state index is 0.00365. The zero-order valence-corrected chi connectivity index (χ0v) is 13.5. The number of amides is 1. The normalized spacial score (nSPS) is 17.0. The zero-order valence-electron chi connectivity index (χ0n) is 12.7. The Balaban J connectivity index is 2.21. The lowest BCUT2D eigenvalue weighted by atomic mass is 10.1. The number of carbonyl (C=O) groups excluding carboxylic acids is 1. The van der Waals surface area contributed by atoms with Crippen molar-refractivity contribution >= 4 is 15.9 Å². The molecule has 1 aliphatic carbocycles. The van der Waals surface area contributed by atoms with E-state index in [9.17, 15) is 13.2 Å². The van der Waals surface area contributed by atoms with E-state index in [0.717, 1.165) is 19.3 Å². The number of primary sulfonamides is 1. The second-order valence-corrected chi connectivity index (χ2v) is 7.81. The quantitative estimate of drug-likeness (QED) is 0.836. The van der Waals surface area contributed by atoms with Gasteiger partial charge in [0.25, 0.3) is 5.91 Å². The second kappa shape index (κ2) is 5.81. The molecule has 0 aromatic carbocycles. The maximum absolute atomic E-state index is 12.4. The summed E-state index contributed by atoms with van der Waals surface area (Å²) in [6.45, 7) is 6.13. The lowest BCUT2D eigenvalue weighted by Gasteiger charge is -2.16. The van der Waals surface area contributed by atoms with Gasteiger partial charge in [-0.25, -0.2) is 13.6 Å². The fourth-order valence-corrected chi connectivity index (χ4v) is 3.05. The number of hydrogen-bond acceptors (Lipinski definition) is 3. The molecule has 0 saturated heterocycles. The van der Waals surface area contributed by atoms with Crippen molar-refractivity contribution in [3.63, 3.8) is 0 Å². The lowest BCUT2D eigenvalue weighted by molar-refractivity contribution is 0.0926. The van der Waals surface area contributed by atoms with Crippen molar-refractivity contribution in [1.29, 1.82) is 0 Å². The van der Waals surface area contributed by atoms with Crippen LogP contribution >= 0.6 is 0 Å². The molecule has 1 atom stereocenters.